The van der Waals surface area contributed by atoms with Crippen molar-refractivity contribution in [2.24, 2.45) is 0 Å². The number of nitrogens with one attached hydrogen (secondary N) is 1. The van der Waals surface area contributed by atoms with E-state index in [4.69, 9.17) is 9.52 Å². The topological polar surface area (TPSA) is 73.0 Å². The molecule has 0 spiro atoms. The van der Waals surface area contributed by atoms with Crippen LogP contribution in [0.15, 0.2) is 52.2 Å². The number of carbonyl (C=O) groups is 1. The van der Waals surface area contributed by atoms with Crippen molar-refractivity contribution < 1.29 is 9.21 Å². The van der Waals surface area contributed by atoms with Crippen molar-refractivity contribution in [2.45, 2.75) is 39.0 Å². The second-order valence-electron chi connectivity index (χ2n) is 7.12. The molecule has 1 aliphatic heterocycles. The van der Waals surface area contributed by atoms with Crippen LogP contribution in [0.1, 0.15) is 48.0 Å². The standard InChI is InChI=1S/C21H20N4O2/c1-12-9-10-16(27-12)20-18-13(2)24-25(17-8-3-4-11-22-17)21(18)23-14-6-5-7-15(26)19(14)20/h3-4,8-11,20,23H,5-7H2,1-2H3/t20-/m1/s1. The number of ketones is 1. The van der Waals surface area contributed by atoms with Gasteiger partial charge in [0, 0.05) is 29.5 Å². The number of aromatic nitrogens is 3. The molecule has 0 amide bonds. The van der Waals surface area contributed by atoms with E-state index in [0.717, 1.165) is 58.5 Å². The number of aryl methyl sites for hydroxylation is 2. The Balaban J connectivity index is 1.76. The first kappa shape index (κ1) is 16.1. The fraction of sp³-hybridized carbons (Fsp3) is 0.286. The lowest BCUT2D eigenvalue weighted by Crippen LogP contribution is -2.27. The van der Waals surface area contributed by atoms with E-state index in [2.05, 4.69) is 10.3 Å². The fourth-order valence-corrected chi connectivity index (χ4v) is 4.16. The molecule has 1 N–H and O–H groups in total. The molecule has 136 valence electrons. The van der Waals surface area contributed by atoms with Crippen molar-refractivity contribution in [3.05, 3.63) is 70.6 Å². The Hall–Kier alpha value is -3.15. The van der Waals surface area contributed by atoms with E-state index in [1.54, 1.807) is 6.20 Å². The van der Waals surface area contributed by atoms with Crippen LogP contribution in [0.4, 0.5) is 5.82 Å². The average Bonchev–Trinajstić information content (AvgIpc) is 3.25. The van der Waals surface area contributed by atoms with E-state index in [1.165, 1.54) is 0 Å². The molecule has 3 aromatic rings. The highest BCUT2D eigenvalue weighted by Gasteiger charge is 2.40. The lowest BCUT2D eigenvalue weighted by molar-refractivity contribution is -0.116. The number of rotatable bonds is 2. The summed E-state index contributed by atoms with van der Waals surface area (Å²) < 4.78 is 7.81. The lowest BCUT2D eigenvalue weighted by Gasteiger charge is -2.31. The number of carbonyl (C=O) groups excluding carboxylic acids is 1. The summed E-state index contributed by atoms with van der Waals surface area (Å²) in [6, 6.07) is 9.67. The predicted molar refractivity (Wildman–Crippen MR) is 101 cm³/mol. The van der Waals surface area contributed by atoms with Gasteiger partial charge in [0.05, 0.1) is 11.6 Å². The molecule has 0 fully saturated rings. The van der Waals surface area contributed by atoms with Gasteiger partial charge >= 0.3 is 0 Å². The van der Waals surface area contributed by atoms with Crippen LogP contribution < -0.4 is 5.32 Å². The van der Waals surface area contributed by atoms with Crippen molar-refractivity contribution in [3.8, 4) is 5.82 Å². The predicted octanol–water partition coefficient (Wildman–Crippen LogP) is 4.04. The summed E-state index contributed by atoms with van der Waals surface area (Å²) in [7, 11) is 0. The Bertz CT molecular complexity index is 1080. The molecule has 0 unspecified atom stereocenters. The summed E-state index contributed by atoms with van der Waals surface area (Å²) in [5.41, 5.74) is 3.66. The van der Waals surface area contributed by atoms with Crippen LogP contribution in [0.25, 0.3) is 5.82 Å². The molecule has 0 saturated heterocycles. The van der Waals surface area contributed by atoms with Crippen molar-refractivity contribution in [1.29, 1.82) is 0 Å². The van der Waals surface area contributed by atoms with Gasteiger partial charge < -0.3 is 9.73 Å². The van der Waals surface area contributed by atoms with Crippen LogP contribution in [-0.4, -0.2) is 20.5 Å². The lowest BCUT2D eigenvalue weighted by atomic mass is 9.78. The summed E-state index contributed by atoms with van der Waals surface area (Å²) in [5.74, 6) is 3.22. The first-order chi connectivity index (χ1) is 13.1. The van der Waals surface area contributed by atoms with Crippen molar-refractivity contribution in [1.82, 2.24) is 14.8 Å². The Morgan fingerprint density at radius 3 is 2.81 bits per heavy atom. The van der Waals surface area contributed by atoms with Gasteiger partial charge in [-0.25, -0.2) is 4.98 Å². The molecule has 0 radical (unpaired) electrons. The van der Waals surface area contributed by atoms with Gasteiger partial charge in [0.1, 0.15) is 17.3 Å². The Morgan fingerprint density at radius 2 is 2.07 bits per heavy atom. The highest BCUT2D eigenvalue weighted by atomic mass is 16.3. The highest BCUT2D eigenvalue weighted by molar-refractivity contribution is 6.01. The monoisotopic (exact) mass is 360 g/mol. The molecule has 0 aromatic carbocycles. The number of hydrogen-bond donors (Lipinski definition) is 1. The van der Waals surface area contributed by atoms with Gasteiger partial charge in [-0.05, 0) is 51.0 Å². The smallest absolute Gasteiger partial charge is 0.161 e. The third-order valence-corrected chi connectivity index (χ3v) is 5.32. The SMILES string of the molecule is Cc1ccc([C@H]2C3=C(CCCC3=O)Nc3c2c(C)nn3-c2ccccn2)o1. The van der Waals surface area contributed by atoms with Gasteiger partial charge in [0.15, 0.2) is 11.6 Å². The van der Waals surface area contributed by atoms with Gasteiger partial charge in [-0.15, -0.1) is 0 Å². The zero-order chi connectivity index (χ0) is 18.5. The van der Waals surface area contributed by atoms with Crippen molar-refractivity contribution >= 4 is 11.6 Å². The fourth-order valence-electron chi connectivity index (χ4n) is 4.16. The van der Waals surface area contributed by atoms with Crippen molar-refractivity contribution in [2.75, 3.05) is 5.32 Å². The van der Waals surface area contributed by atoms with Crippen LogP contribution in [0.2, 0.25) is 0 Å². The molecule has 0 bridgehead atoms. The molecule has 1 aliphatic carbocycles. The number of fused-ring (bicyclic) bond motifs is 1. The minimum Gasteiger partial charge on any atom is -0.465 e. The molecule has 2 aliphatic rings. The molecule has 1 atom stereocenters. The summed E-state index contributed by atoms with van der Waals surface area (Å²) in [5, 5.41) is 8.24. The molecular formula is C21H20N4O2. The first-order valence-electron chi connectivity index (χ1n) is 9.24. The maximum absolute atomic E-state index is 12.8. The summed E-state index contributed by atoms with van der Waals surface area (Å²) >= 11 is 0. The maximum atomic E-state index is 12.8. The van der Waals surface area contributed by atoms with Gasteiger partial charge in [0.2, 0.25) is 0 Å². The number of allylic oxidation sites excluding steroid dienone is 2. The number of Topliss-reactive ketones (excluding diaryl/α,β-unsaturated/α-hetero) is 1. The van der Waals surface area contributed by atoms with Gasteiger partial charge in [-0.1, -0.05) is 6.07 Å². The number of pyridine rings is 1. The van der Waals surface area contributed by atoms with E-state index in [0.29, 0.717) is 6.42 Å². The van der Waals surface area contributed by atoms with Crippen LogP contribution >= 0.6 is 0 Å². The average molecular weight is 360 g/mol. The summed E-state index contributed by atoms with van der Waals surface area (Å²) in [6.45, 7) is 3.90. The van der Waals surface area contributed by atoms with E-state index in [9.17, 15) is 4.79 Å². The third kappa shape index (κ3) is 2.44. The molecule has 5 rings (SSSR count). The minimum atomic E-state index is -0.227. The minimum absolute atomic E-state index is 0.193. The maximum Gasteiger partial charge on any atom is 0.161 e. The van der Waals surface area contributed by atoms with E-state index in [-0.39, 0.29) is 11.7 Å². The molecule has 27 heavy (non-hydrogen) atoms. The second kappa shape index (κ2) is 5.94. The molecular weight excluding hydrogens is 340 g/mol. The van der Waals surface area contributed by atoms with Gasteiger partial charge in [-0.3, -0.25) is 4.79 Å². The number of nitrogens with zero attached hydrogens (tertiary/aromatic N) is 3. The summed E-state index contributed by atoms with van der Waals surface area (Å²) in [4.78, 5) is 17.3. The number of furan rings is 1. The van der Waals surface area contributed by atoms with Crippen molar-refractivity contribution in [3.63, 3.8) is 0 Å². The van der Waals surface area contributed by atoms with Gasteiger partial charge in [-0.2, -0.15) is 9.78 Å². The number of hydrogen-bond acceptors (Lipinski definition) is 5. The normalized spacial score (nSPS) is 18.9. The van der Waals surface area contributed by atoms with Crippen LogP contribution in [0.3, 0.4) is 0 Å². The molecule has 6 heteroatoms. The van der Waals surface area contributed by atoms with E-state index >= 15 is 0 Å². The van der Waals surface area contributed by atoms with Crippen LogP contribution in [0, 0.1) is 13.8 Å². The molecule has 6 nitrogen and oxygen atoms in total. The molecule has 4 heterocycles. The first-order valence-corrected chi connectivity index (χ1v) is 9.24. The Kier molecular flexibility index (Phi) is 3.53. The van der Waals surface area contributed by atoms with E-state index in [1.807, 2.05) is 48.9 Å². The second-order valence-corrected chi connectivity index (χ2v) is 7.12. The van der Waals surface area contributed by atoms with Crippen LogP contribution in [0.5, 0.6) is 0 Å². The zero-order valence-electron chi connectivity index (χ0n) is 15.3. The Labute approximate surface area is 156 Å². The quantitative estimate of drug-likeness (QED) is 0.747. The Morgan fingerprint density at radius 1 is 1.19 bits per heavy atom. The molecule has 3 aromatic heterocycles. The van der Waals surface area contributed by atoms with Crippen LogP contribution in [-0.2, 0) is 4.79 Å². The highest BCUT2D eigenvalue weighted by Crippen LogP contribution is 2.47. The zero-order valence-corrected chi connectivity index (χ0v) is 15.3. The van der Waals surface area contributed by atoms with E-state index < -0.39 is 0 Å². The molecule has 0 saturated carbocycles. The number of anilines is 1. The summed E-state index contributed by atoms with van der Waals surface area (Å²) in [6.07, 6.45) is 4.05. The largest absolute Gasteiger partial charge is 0.465 e. The third-order valence-electron chi connectivity index (χ3n) is 5.32. The van der Waals surface area contributed by atoms with Gasteiger partial charge in [0.25, 0.3) is 0 Å².